The maximum atomic E-state index is 10.5. The fourth-order valence-electron chi connectivity index (χ4n) is 0.975. The van der Waals surface area contributed by atoms with Crippen LogP contribution in [0, 0.1) is 0 Å². The fraction of sp³-hybridized carbons (Fsp3) is 0.0833. The van der Waals surface area contributed by atoms with Crippen molar-refractivity contribution in [1.82, 2.24) is 0 Å². The third-order valence-corrected chi connectivity index (χ3v) is 2.28. The molecule has 0 fully saturated rings. The summed E-state index contributed by atoms with van der Waals surface area (Å²) in [5.41, 5.74) is 0.584. The van der Waals surface area contributed by atoms with Gasteiger partial charge in [0.25, 0.3) is 5.23 Å². The van der Waals surface area contributed by atoms with Crippen LogP contribution in [0.3, 0.4) is 0 Å². The van der Waals surface area contributed by atoms with Crippen LogP contribution in [0.5, 0.6) is 5.75 Å². The summed E-state index contributed by atoms with van der Waals surface area (Å²) in [6.07, 6.45) is 5.85. The molecule has 0 saturated carbocycles. The number of hydrogen-bond acceptors (Lipinski definition) is 5. The molecule has 88 valence electrons. The Labute approximate surface area is 103 Å². The van der Waals surface area contributed by atoms with Crippen LogP contribution in [-0.2, 0) is 4.79 Å². The van der Waals surface area contributed by atoms with Gasteiger partial charge in [0.15, 0.2) is 0 Å². The van der Waals surface area contributed by atoms with Crippen LogP contribution in [0.15, 0.2) is 41.5 Å². The van der Waals surface area contributed by atoms with Gasteiger partial charge in [-0.1, -0.05) is 11.8 Å². The summed E-state index contributed by atoms with van der Waals surface area (Å²) < 4.78 is 5.44. The van der Waals surface area contributed by atoms with Gasteiger partial charge < -0.3 is 4.74 Å². The van der Waals surface area contributed by atoms with Crippen molar-refractivity contribution in [3.8, 4) is 5.75 Å². The lowest BCUT2D eigenvalue weighted by atomic mass is 10.2. The molecule has 1 rings (SSSR count). The molecule has 17 heavy (non-hydrogen) atoms. The maximum Gasteiger partial charge on any atom is 0.255 e. The zero-order valence-electron chi connectivity index (χ0n) is 9.20. The molecule has 5 heteroatoms. The number of carbonyl (C=O) groups is 2. The molecule has 0 atom stereocenters. The zero-order valence-corrected chi connectivity index (χ0v) is 10.0. The molecule has 1 aromatic carbocycles. The highest BCUT2D eigenvalue weighted by Gasteiger charge is 2.00. The highest BCUT2D eigenvalue weighted by molar-refractivity contribution is 8.13. The van der Waals surface area contributed by atoms with E-state index in [0.29, 0.717) is 22.8 Å². The number of allylic oxidation sites excluding steroid dienone is 1. The minimum atomic E-state index is 0.418. The second-order valence-electron chi connectivity index (χ2n) is 2.87. The summed E-state index contributed by atoms with van der Waals surface area (Å²) in [5, 5.41) is 0.418. The van der Waals surface area contributed by atoms with E-state index in [1.807, 2.05) is 6.26 Å². The van der Waals surface area contributed by atoms with E-state index in [1.165, 1.54) is 24.0 Å². The number of thioether (sulfide) groups is 1. The lowest BCUT2D eigenvalue weighted by Crippen LogP contribution is -2.02. The van der Waals surface area contributed by atoms with Crippen LogP contribution in [0.2, 0.25) is 0 Å². The average molecular weight is 249 g/mol. The van der Waals surface area contributed by atoms with Gasteiger partial charge in [-0.05, 0) is 36.6 Å². The lowest BCUT2D eigenvalue weighted by Gasteiger charge is -2.05. The highest BCUT2D eigenvalue weighted by atomic mass is 32.2. The van der Waals surface area contributed by atoms with Gasteiger partial charge in [0.2, 0.25) is 0 Å². The lowest BCUT2D eigenvalue weighted by molar-refractivity contribution is -0.104. The Morgan fingerprint density at radius 2 is 2.00 bits per heavy atom. The van der Waals surface area contributed by atoms with Gasteiger partial charge in [0.05, 0.1) is 0 Å². The van der Waals surface area contributed by atoms with Gasteiger partial charge in [-0.2, -0.15) is 0 Å². The van der Waals surface area contributed by atoms with Crippen LogP contribution >= 0.6 is 11.8 Å². The number of hydrogen-bond donors (Lipinski definition) is 0. The summed E-state index contributed by atoms with van der Waals surface area (Å²) in [6.45, 7) is 0. The summed E-state index contributed by atoms with van der Waals surface area (Å²) in [5.74, 6) is 0.586. The van der Waals surface area contributed by atoms with E-state index < -0.39 is 0 Å². The van der Waals surface area contributed by atoms with Crippen molar-refractivity contribution < 1.29 is 14.3 Å². The van der Waals surface area contributed by atoms with Crippen molar-refractivity contribution in [2.24, 2.45) is 4.99 Å². The largest absolute Gasteiger partial charge is 0.434 e. The molecule has 0 spiro atoms. The first-order valence-corrected chi connectivity index (χ1v) is 5.98. The number of benzene rings is 1. The summed E-state index contributed by atoms with van der Waals surface area (Å²) in [6, 6.07) is 6.67. The van der Waals surface area contributed by atoms with Crippen LogP contribution < -0.4 is 4.74 Å². The third-order valence-electron chi connectivity index (χ3n) is 1.74. The molecule has 0 saturated heterocycles. The smallest absolute Gasteiger partial charge is 0.255 e. The highest BCUT2D eigenvalue weighted by Crippen LogP contribution is 2.14. The Bertz CT molecular complexity index is 438. The molecule has 0 aliphatic rings. The Morgan fingerprint density at radius 1 is 1.29 bits per heavy atom. The van der Waals surface area contributed by atoms with Gasteiger partial charge in [-0.3, -0.25) is 9.59 Å². The first-order valence-electron chi connectivity index (χ1n) is 4.75. The minimum absolute atomic E-state index is 0.418. The van der Waals surface area contributed by atoms with Crippen molar-refractivity contribution >= 4 is 29.6 Å². The van der Waals surface area contributed by atoms with Gasteiger partial charge in [0, 0.05) is 11.8 Å². The van der Waals surface area contributed by atoms with Crippen LogP contribution in [0.4, 0.5) is 0 Å². The van der Waals surface area contributed by atoms with Crippen LogP contribution in [-0.4, -0.2) is 24.1 Å². The van der Waals surface area contributed by atoms with Gasteiger partial charge >= 0.3 is 0 Å². The summed E-state index contributed by atoms with van der Waals surface area (Å²) in [4.78, 5) is 24.5. The van der Waals surface area contributed by atoms with E-state index in [4.69, 9.17) is 4.74 Å². The second kappa shape index (κ2) is 7.40. The van der Waals surface area contributed by atoms with Crippen molar-refractivity contribution in [3.05, 3.63) is 42.1 Å². The fourth-order valence-corrected chi connectivity index (χ4v) is 1.32. The molecule has 0 aromatic heterocycles. The standard InChI is InChI=1S/C12H11NO3S/c1-17-12(13-7-2-8-14)16-11-5-3-10(9-15)4-6-11/h2-9H,1H3/b7-2+,13-12?. The molecule has 0 radical (unpaired) electrons. The van der Waals surface area contributed by atoms with Gasteiger partial charge in [-0.15, -0.1) is 0 Å². The van der Waals surface area contributed by atoms with E-state index in [2.05, 4.69) is 4.99 Å². The van der Waals surface area contributed by atoms with E-state index in [0.717, 1.165) is 6.29 Å². The zero-order chi connectivity index (χ0) is 12.5. The predicted molar refractivity (Wildman–Crippen MR) is 68.6 cm³/mol. The summed E-state index contributed by atoms with van der Waals surface area (Å²) in [7, 11) is 0. The Hall–Kier alpha value is -1.88. The number of aliphatic imine (C=N–C) groups is 1. The molecule has 4 nitrogen and oxygen atoms in total. The third kappa shape index (κ3) is 4.65. The SMILES string of the molecule is CSC(=N/C=C/C=O)Oc1ccc(C=O)cc1. The first kappa shape index (κ1) is 13.2. The normalized spacial score (nSPS) is 11.5. The first-order chi connectivity index (χ1) is 8.30. The van der Waals surface area contributed by atoms with Crippen molar-refractivity contribution in [2.45, 2.75) is 0 Å². The van der Waals surface area contributed by atoms with E-state index in [9.17, 15) is 9.59 Å². The molecule has 1 aromatic rings. The Balaban J connectivity index is 2.72. The van der Waals surface area contributed by atoms with E-state index in [1.54, 1.807) is 24.3 Å². The van der Waals surface area contributed by atoms with Crippen molar-refractivity contribution in [2.75, 3.05) is 6.26 Å². The molecule has 0 unspecified atom stereocenters. The minimum Gasteiger partial charge on any atom is -0.434 e. The molecule has 0 amide bonds. The quantitative estimate of drug-likeness (QED) is 0.355. The van der Waals surface area contributed by atoms with Gasteiger partial charge in [0.1, 0.15) is 18.3 Å². The summed E-state index contributed by atoms with van der Waals surface area (Å²) >= 11 is 1.32. The number of nitrogens with zero attached hydrogens (tertiary/aromatic N) is 1. The van der Waals surface area contributed by atoms with Crippen molar-refractivity contribution in [3.63, 3.8) is 0 Å². The van der Waals surface area contributed by atoms with E-state index >= 15 is 0 Å². The molecule has 0 N–H and O–H groups in total. The topological polar surface area (TPSA) is 55.7 Å². The maximum absolute atomic E-state index is 10.5. The molecular formula is C12H11NO3S. The average Bonchev–Trinajstić information content (AvgIpc) is 2.38. The molecule has 0 bridgehead atoms. The molecule has 0 aliphatic heterocycles. The number of rotatable bonds is 4. The van der Waals surface area contributed by atoms with Gasteiger partial charge in [-0.25, -0.2) is 4.99 Å². The predicted octanol–water partition coefficient (Wildman–Crippen LogP) is 2.31. The number of ether oxygens (including phenoxy) is 1. The monoisotopic (exact) mass is 249 g/mol. The number of aldehydes is 2. The Morgan fingerprint density at radius 3 is 2.53 bits per heavy atom. The van der Waals surface area contributed by atoms with Crippen LogP contribution in [0.1, 0.15) is 10.4 Å². The number of carbonyl (C=O) groups excluding carboxylic acids is 2. The van der Waals surface area contributed by atoms with Crippen LogP contribution in [0.25, 0.3) is 0 Å². The molecule has 0 heterocycles. The van der Waals surface area contributed by atoms with E-state index in [-0.39, 0.29) is 0 Å². The molecule has 0 aliphatic carbocycles. The molecular weight excluding hydrogens is 238 g/mol. The second-order valence-corrected chi connectivity index (χ2v) is 3.62. The Kier molecular flexibility index (Phi) is 5.74. The van der Waals surface area contributed by atoms with Crippen molar-refractivity contribution in [1.29, 1.82) is 0 Å².